The van der Waals surface area contributed by atoms with Crippen molar-refractivity contribution in [2.24, 2.45) is 11.1 Å². The second-order valence-corrected chi connectivity index (χ2v) is 4.54. The van der Waals surface area contributed by atoms with Gasteiger partial charge in [-0.25, -0.2) is 0 Å². The average molecular weight is 186 g/mol. The predicted molar refractivity (Wildman–Crippen MR) is 50.4 cm³/mol. The zero-order chi connectivity index (χ0) is 10.1. The molecule has 0 radical (unpaired) electrons. The molecule has 1 unspecified atom stereocenters. The van der Waals surface area contributed by atoms with Gasteiger partial charge in [0.2, 0.25) is 0 Å². The van der Waals surface area contributed by atoms with E-state index < -0.39 is 11.5 Å². The highest BCUT2D eigenvalue weighted by Crippen LogP contribution is 2.35. The lowest BCUT2D eigenvalue weighted by atomic mass is 9.67. The van der Waals surface area contributed by atoms with Crippen LogP contribution in [0.2, 0.25) is 0 Å². The normalized spacial score (nSPS) is 32.8. The molecule has 0 aromatic rings. The molecule has 13 heavy (non-hydrogen) atoms. The van der Waals surface area contributed by atoms with Crippen molar-refractivity contribution in [3.05, 3.63) is 0 Å². The monoisotopic (exact) mass is 186 g/mol. The van der Waals surface area contributed by atoms with E-state index in [2.05, 4.69) is 5.32 Å². The second-order valence-electron chi connectivity index (χ2n) is 4.54. The number of hydrogen-bond acceptors (Lipinski definition) is 3. The quantitative estimate of drug-likeness (QED) is 0.575. The Hall–Kier alpha value is -0.610. The molecule has 0 saturated carbocycles. The highest BCUT2D eigenvalue weighted by molar-refractivity contribution is 5.68. The molecular formula is C9H18N2O2. The fourth-order valence-corrected chi connectivity index (χ4v) is 1.82. The molecule has 1 heterocycles. The molecule has 0 aromatic heterocycles. The number of aliphatic carboxylic acids is 1. The molecule has 1 atom stereocenters. The Balaban J connectivity index is 2.77. The van der Waals surface area contributed by atoms with E-state index in [1.807, 2.05) is 13.8 Å². The largest absolute Gasteiger partial charge is 0.481 e. The van der Waals surface area contributed by atoms with Crippen LogP contribution in [-0.2, 0) is 4.79 Å². The van der Waals surface area contributed by atoms with E-state index in [4.69, 9.17) is 10.8 Å². The van der Waals surface area contributed by atoms with Crippen LogP contribution in [0.15, 0.2) is 0 Å². The molecule has 1 aliphatic heterocycles. The Morgan fingerprint density at radius 3 is 2.69 bits per heavy atom. The van der Waals surface area contributed by atoms with Crippen molar-refractivity contribution >= 4 is 5.97 Å². The molecule has 0 aromatic carbocycles. The van der Waals surface area contributed by atoms with E-state index in [0.29, 0.717) is 0 Å². The minimum absolute atomic E-state index is 0.0572. The van der Waals surface area contributed by atoms with Gasteiger partial charge in [0, 0.05) is 12.1 Å². The summed E-state index contributed by atoms with van der Waals surface area (Å²) in [6.45, 7) is 5.63. The van der Waals surface area contributed by atoms with Crippen LogP contribution in [0, 0.1) is 5.41 Å². The van der Waals surface area contributed by atoms with Crippen molar-refractivity contribution in [1.82, 2.24) is 5.32 Å². The maximum atomic E-state index is 10.7. The number of nitrogens with one attached hydrogen (secondary N) is 1. The zero-order valence-electron chi connectivity index (χ0n) is 8.26. The van der Waals surface area contributed by atoms with Crippen LogP contribution in [0.4, 0.5) is 0 Å². The summed E-state index contributed by atoms with van der Waals surface area (Å²) in [7, 11) is 0. The number of piperidine rings is 1. The number of carboxylic acid groups (broad SMARTS) is 1. The van der Waals surface area contributed by atoms with E-state index >= 15 is 0 Å². The van der Waals surface area contributed by atoms with Crippen molar-refractivity contribution in [3.63, 3.8) is 0 Å². The Morgan fingerprint density at radius 2 is 2.23 bits per heavy atom. The maximum Gasteiger partial charge on any atom is 0.305 e. The van der Waals surface area contributed by atoms with E-state index in [0.717, 1.165) is 19.5 Å². The van der Waals surface area contributed by atoms with Crippen LogP contribution >= 0.6 is 0 Å². The van der Waals surface area contributed by atoms with Crippen LogP contribution in [0.1, 0.15) is 26.7 Å². The van der Waals surface area contributed by atoms with Crippen LogP contribution in [0.3, 0.4) is 0 Å². The lowest BCUT2D eigenvalue weighted by molar-refractivity contribution is -0.140. The molecule has 1 fully saturated rings. The molecule has 0 spiro atoms. The van der Waals surface area contributed by atoms with Gasteiger partial charge < -0.3 is 16.2 Å². The SMILES string of the molecule is CC1(C)CNCCC1(N)CC(=O)O. The van der Waals surface area contributed by atoms with Gasteiger partial charge in [0.15, 0.2) is 0 Å². The highest BCUT2D eigenvalue weighted by atomic mass is 16.4. The Kier molecular flexibility index (Phi) is 2.63. The standard InChI is InChI=1S/C9H18N2O2/c1-8(2)6-11-4-3-9(8,10)5-7(12)13/h11H,3-6,10H2,1-2H3,(H,12,13). The summed E-state index contributed by atoms with van der Waals surface area (Å²) in [6, 6.07) is 0. The van der Waals surface area contributed by atoms with Gasteiger partial charge >= 0.3 is 5.97 Å². The first-order valence-electron chi connectivity index (χ1n) is 4.59. The van der Waals surface area contributed by atoms with E-state index in [1.165, 1.54) is 0 Å². The molecular weight excluding hydrogens is 168 g/mol. The van der Waals surface area contributed by atoms with Crippen molar-refractivity contribution in [1.29, 1.82) is 0 Å². The topological polar surface area (TPSA) is 75.3 Å². The van der Waals surface area contributed by atoms with Gasteiger partial charge in [0.1, 0.15) is 0 Å². The summed E-state index contributed by atoms with van der Waals surface area (Å²) in [5.41, 5.74) is 5.40. The molecule has 4 nitrogen and oxygen atoms in total. The second kappa shape index (κ2) is 3.27. The lowest BCUT2D eigenvalue weighted by Crippen LogP contribution is -2.62. The first kappa shape index (κ1) is 10.5. The van der Waals surface area contributed by atoms with Gasteiger partial charge in [-0.2, -0.15) is 0 Å². The summed E-state index contributed by atoms with van der Waals surface area (Å²) in [4.78, 5) is 10.7. The molecule has 0 amide bonds. The molecule has 76 valence electrons. The van der Waals surface area contributed by atoms with E-state index in [1.54, 1.807) is 0 Å². The van der Waals surface area contributed by atoms with Crippen molar-refractivity contribution in [3.8, 4) is 0 Å². The van der Waals surface area contributed by atoms with Gasteiger partial charge in [0.05, 0.1) is 6.42 Å². The third kappa shape index (κ3) is 2.00. The summed E-state index contributed by atoms with van der Waals surface area (Å²) in [5, 5.41) is 12.0. The number of carboxylic acids is 1. The Bertz CT molecular complexity index is 216. The van der Waals surface area contributed by atoms with E-state index in [-0.39, 0.29) is 11.8 Å². The fraction of sp³-hybridized carbons (Fsp3) is 0.889. The third-order valence-corrected chi connectivity index (χ3v) is 3.13. The first-order valence-corrected chi connectivity index (χ1v) is 4.59. The van der Waals surface area contributed by atoms with Crippen molar-refractivity contribution in [2.75, 3.05) is 13.1 Å². The molecule has 1 saturated heterocycles. The van der Waals surface area contributed by atoms with Gasteiger partial charge in [-0.05, 0) is 18.4 Å². The summed E-state index contributed by atoms with van der Waals surface area (Å²) < 4.78 is 0. The predicted octanol–water partition coefficient (Wildman–Crippen LogP) is 0.178. The molecule has 1 rings (SSSR count). The summed E-state index contributed by atoms with van der Waals surface area (Å²) in [5.74, 6) is -0.808. The Morgan fingerprint density at radius 1 is 1.62 bits per heavy atom. The van der Waals surface area contributed by atoms with Gasteiger partial charge in [-0.1, -0.05) is 13.8 Å². The van der Waals surface area contributed by atoms with Crippen molar-refractivity contribution < 1.29 is 9.90 Å². The number of carbonyl (C=O) groups is 1. The average Bonchev–Trinajstić information content (AvgIpc) is 1.94. The smallest absolute Gasteiger partial charge is 0.305 e. The zero-order valence-corrected chi connectivity index (χ0v) is 8.26. The van der Waals surface area contributed by atoms with Gasteiger partial charge in [-0.3, -0.25) is 4.79 Å². The minimum atomic E-state index is -0.808. The molecule has 0 bridgehead atoms. The van der Waals surface area contributed by atoms with Crippen LogP contribution in [0.5, 0.6) is 0 Å². The van der Waals surface area contributed by atoms with Crippen LogP contribution in [0.25, 0.3) is 0 Å². The summed E-state index contributed by atoms with van der Waals surface area (Å²) >= 11 is 0. The van der Waals surface area contributed by atoms with Crippen LogP contribution < -0.4 is 11.1 Å². The lowest BCUT2D eigenvalue weighted by Gasteiger charge is -2.47. The van der Waals surface area contributed by atoms with Gasteiger partial charge in [-0.15, -0.1) is 0 Å². The minimum Gasteiger partial charge on any atom is -0.481 e. The fourth-order valence-electron chi connectivity index (χ4n) is 1.82. The maximum absolute atomic E-state index is 10.7. The van der Waals surface area contributed by atoms with Gasteiger partial charge in [0.25, 0.3) is 0 Å². The molecule has 0 aliphatic carbocycles. The summed E-state index contributed by atoms with van der Waals surface area (Å²) in [6.07, 6.45) is 0.786. The Labute approximate surface area is 78.5 Å². The van der Waals surface area contributed by atoms with E-state index in [9.17, 15) is 4.79 Å². The molecule has 1 aliphatic rings. The number of rotatable bonds is 2. The molecule has 4 heteroatoms. The number of hydrogen-bond donors (Lipinski definition) is 3. The highest BCUT2D eigenvalue weighted by Gasteiger charge is 2.44. The first-order chi connectivity index (χ1) is 5.87. The third-order valence-electron chi connectivity index (χ3n) is 3.13. The number of nitrogens with two attached hydrogens (primary N) is 1. The van der Waals surface area contributed by atoms with Crippen molar-refractivity contribution in [2.45, 2.75) is 32.2 Å². The molecule has 4 N–H and O–H groups in total. The van der Waals surface area contributed by atoms with Crippen LogP contribution in [-0.4, -0.2) is 29.7 Å².